The summed E-state index contributed by atoms with van der Waals surface area (Å²) in [6.07, 6.45) is 5.23. The van der Waals surface area contributed by atoms with Crippen molar-refractivity contribution in [2.24, 2.45) is 0 Å². The van der Waals surface area contributed by atoms with Gasteiger partial charge in [0.25, 0.3) is 0 Å². The van der Waals surface area contributed by atoms with E-state index in [1.165, 1.54) is 5.56 Å². The van der Waals surface area contributed by atoms with E-state index in [9.17, 15) is 5.11 Å². The van der Waals surface area contributed by atoms with Crippen LogP contribution in [0.2, 0.25) is 0 Å². The Morgan fingerprint density at radius 1 is 1.22 bits per heavy atom. The van der Waals surface area contributed by atoms with Gasteiger partial charge in [-0.25, -0.2) is 4.98 Å². The summed E-state index contributed by atoms with van der Waals surface area (Å²) >= 11 is 0. The average molecular weight is 244 g/mol. The number of aliphatic hydroxyl groups excluding tert-OH is 1. The number of hydrogen-bond donors (Lipinski definition) is 1. The summed E-state index contributed by atoms with van der Waals surface area (Å²) in [7, 11) is 0. The first kappa shape index (κ1) is 12.8. The highest BCUT2D eigenvalue weighted by atomic mass is 16.3. The Morgan fingerprint density at radius 3 is 2.67 bits per heavy atom. The minimum absolute atomic E-state index is 0.0148. The molecule has 1 N–H and O–H groups in total. The van der Waals surface area contributed by atoms with Crippen molar-refractivity contribution in [3.8, 4) is 0 Å². The summed E-state index contributed by atoms with van der Waals surface area (Å²) in [6.45, 7) is 3.02. The smallest absolute Gasteiger partial charge is 0.109 e. The van der Waals surface area contributed by atoms with E-state index in [1.54, 1.807) is 0 Å². The van der Waals surface area contributed by atoms with Crippen molar-refractivity contribution in [2.75, 3.05) is 0 Å². The molecule has 0 spiro atoms. The second-order valence-electron chi connectivity index (χ2n) is 4.52. The first-order valence-electron chi connectivity index (χ1n) is 6.53. The molecular weight excluding hydrogens is 224 g/mol. The van der Waals surface area contributed by atoms with Crippen LogP contribution in [0.4, 0.5) is 0 Å². The number of hydrogen-bond acceptors (Lipinski definition) is 2. The highest BCUT2D eigenvalue weighted by Crippen LogP contribution is 2.11. The number of benzene rings is 1. The van der Waals surface area contributed by atoms with E-state index >= 15 is 0 Å². The molecule has 1 aromatic carbocycles. The molecule has 18 heavy (non-hydrogen) atoms. The van der Waals surface area contributed by atoms with Crippen LogP contribution in [0.1, 0.15) is 36.8 Å². The van der Waals surface area contributed by atoms with E-state index in [1.807, 2.05) is 24.4 Å². The average Bonchev–Trinajstić information content (AvgIpc) is 2.80. The molecule has 96 valence electrons. The Hall–Kier alpha value is -1.61. The molecule has 0 aliphatic heterocycles. The lowest BCUT2D eigenvalue weighted by molar-refractivity contribution is 0.277. The topological polar surface area (TPSA) is 38.1 Å². The van der Waals surface area contributed by atoms with Crippen molar-refractivity contribution < 1.29 is 5.11 Å². The Labute approximate surface area is 108 Å². The van der Waals surface area contributed by atoms with Crippen LogP contribution in [0.3, 0.4) is 0 Å². The number of imidazole rings is 1. The molecule has 0 unspecified atom stereocenters. The van der Waals surface area contributed by atoms with Crippen LogP contribution in [0.5, 0.6) is 0 Å². The van der Waals surface area contributed by atoms with Gasteiger partial charge in [-0.05, 0) is 12.0 Å². The van der Waals surface area contributed by atoms with E-state index in [4.69, 9.17) is 0 Å². The summed E-state index contributed by atoms with van der Waals surface area (Å²) in [5.41, 5.74) is 2.02. The van der Waals surface area contributed by atoms with Crippen molar-refractivity contribution in [3.05, 3.63) is 53.6 Å². The Bertz CT molecular complexity index is 476. The number of aromatic nitrogens is 2. The monoisotopic (exact) mass is 244 g/mol. The van der Waals surface area contributed by atoms with Gasteiger partial charge in [0.1, 0.15) is 5.82 Å². The molecule has 0 aliphatic carbocycles. The van der Waals surface area contributed by atoms with Crippen LogP contribution in [0.25, 0.3) is 0 Å². The molecule has 0 amide bonds. The first-order chi connectivity index (χ1) is 8.83. The fourth-order valence-corrected chi connectivity index (χ4v) is 2.04. The van der Waals surface area contributed by atoms with E-state index in [-0.39, 0.29) is 6.61 Å². The lowest BCUT2D eigenvalue weighted by atomic mass is 10.2. The van der Waals surface area contributed by atoms with Crippen LogP contribution in [0, 0.1) is 0 Å². The molecule has 0 aliphatic rings. The number of rotatable bonds is 6. The molecule has 3 heteroatoms. The number of nitrogens with zero attached hydrogens (tertiary/aromatic N) is 2. The molecule has 0 saturated carbocycles. The standard InChI is InChI=1S/C15H20N2O/c1-2-3-9-15-16-14(12-18)11-17(15)10-13-7-5-4-6-8-13/h4-8,11,18H,2-3,9-10,12H2,1H3. The Balaban J connectivity index is 2.17. The molecule has 3 nitrogen and oxygen atoms in total. The van der Waals surface area contributed by atoms with Gasteiger partial charge in [0, 0.05) is 19.2 Å². The minimum atomic E-state index is 0.0148. The Morgan fingerprint density at radius 2 is 2.00 bits per heavy atom. The number of aryl methyl sites for hydroxylation is 1. The second kappa shape index (κ2) is 6.36. The van der Waals surface area contributed by atoms with Crippen LogP contribution in [-0.4, -0.2) is 14.7 Å². The molecule has 1 aromatic heterocycles. The van der Waals surface area contributed by atoms with Crippen molar-refractivity contribution in [2.45, 2.75) is 39.3 Å². The van der Waals surface area contributed by atoms with Crippen molar-refractivity contribution in [1.82, 2.24) is 9.55 Å². The lowest BCUT2D eigenvalue weighted by Crippen LogP contribution is -2.04. The highest BCUT2D eigenvalue weighted by Gasteiger charge is 2.07. The maximum absolute atomic E-state index is 9.19. The molecule has 2 rings (SSSR count). The van der Waals surface area contributed by atoms with Gasteiger partial charge in [-0.2, -0.15) is 0 Å². The second-order valence-corrected chi connectivity index (χ2v) is 4.52. The summed E-state index contributed by atoms with van der Waals surface area (Å²) in [5.74, 6) is 1.07. The van der Waals surface area contributed by atoms with Gasteiger partial charge in [0.2, 0.25) is 0 Å². The maximum atomic E-state index is 9.19. The third kappa shape index (κ3) is 3.20. The van der Waals surface area contributed by atoms with Crippen LogP contribution in [-0.2, 0) is 19.6 Å². The van der Waals surface area contributed by atoms with Gasteiger partial charge in [0.05, 0.1) is 12.3 Å². The van der Waals surface area contributed by atoms with Gasteiger partial charge in [-0.1, -0.05) is 43.7 Å². The highest BCUT2D eigenvalue weighted by molar-refractivity contribution is 5.16. The van der Waals surface area contributed by atoms with E-state index < -0.39 is 0 Å². The van der Waals surface area contributed by atoms with Crippen molar-refractivity contribution >= 4 is 0 Å². The van der Waals surface area contributed by atoms with Crippen molar-refractivity contribution in [3.63, 3.8) is 0 Å². The summed E-state index contributed by atoms with van der Waals surface area (Å²) in [5, 5.41) is 9.19. The molecule has 0 atom stereocenters. The molecular formula is C15H20N2O. The van der Waals surface area contributed by atoms with Crippen molar-refractivity contribution in [1.29, 1.82) is 0 Å². The zero-order chi connectivity index (χ0) is 12.8. The molecule has 0 radical (unpaired) electrons. The van der Waals surface area contributed by atoms with Gasteiger partial charge in [0.15, 0.2) is 0 Å². The fraction of sp³-hybridized carbons (Fsp3) is 0.400. The molecule has 0 bridgehead atoms. The van der Waals surface area contributed by atoms with E-state index in [0.717, 1.165) is 37.3 Å². The number of aliphatic hydroxyl groups is 1. The minimum Gasteiger partial charge on any atom is -0.390 e. The molecule has 0 saturated heterocycles. The molecule has 2 aromatic rings. The largest absolute Gasteiger partial charge is 0.390 e. The van der Waals surface area contributed by atoms with Gasteiger partial charge < -0.3 is 9.67 Å². The third-order valence-corrected chi connectivity index (χ3v) is 3.02. The van der Waals surface area contributed by atoms with E-state index in [2.05, 4.69) is 28.6 Å². The fourth-order valence-electron chi connectivity index (χ4n) is 2.04. The van der Waals surface area contributed by atoms with Crippen LogP contribution >= 0.6 is 0 Å². The lowest BCUT2D eigenvalue weighted by Gasteiger charge is -2.07. The maximum Gasteiger partial charge on any atom is 0.109 e. The summed E-state index contributed by atoms with van der Waals surface area (Å²) < 4.78 is 2.15. The van der Waals surface area contributed by atoms with Gasteiger partial charge in [-0.3, -0.25) is 0 Å². The SMILES string of the molecule is CCCCc1nc(CO)cn1Cc1ccccc1. The van der Waals surface area contributed by atoms with Gasteiger partial charge in [-0.15, -0.1) is 0 Å². The zero-order valence-corrected chi connectivity index (χ0v) is 10.8. The van der Waals surface area contributed by atoms with Crippen LogP contribution < -0.4 is 0 Å². The third-order valence-electron chi connectivity index (χ3n) is 3.02. The zero-order valence-electron chi connectivity index (χ0n) is 10.8. The molecule has 1 heterocycles. The quantitative estimate of drug-likeness (QED) is 0.848. The Kier molecular flexibility index (Phi) is 4.53. The first-order valence-corrected chi connectivity index (χ1v) is 6.53. The van der Waals surface area contributed by atoms with Crippen LogP contribution in [0.15, 0.2) is 36.5 Å². The summed E-state index contributed by atoms with van der Waals surface area (Å²) in [4.78, 5) is 4.48. The molecule has 0 fully saturated rings. The summed E-state index contributed by atoms with van der Waals surface area (Å²) in [6, 6.07) is 10.3. The van der Waals surface area contributed by atoms with E-state index in [0.29, 0.717) is 0 Å². The predicted octanol–water partition coefficient (Wildman–Crippen LogP) is 2.77. The van der Waals surface area contributed by atoms with Gasteiger partial charge >= 0.3 is 0 Å². The predicted molar refractivity (Wildman–Crippen MR) is 72.3 cm³/mol. The number of unbranched alkanes of at least 4 members (excludes halogenated alkanes) is 1. The normalized spacial score (nSPS) is 10.8.